The van der Waals surface area contributed by atoms with Crippen LogP contribution in [-0.2, 0) is 14.8 Å². The Morgan fingerprint density at radius 2 is 1.88 bits per heavy atom. The Morgan fingerprint density at radius 1 is 1.24 bits per heavy atom. The molecule has 8 nitrogen and oxygen atoms in total. The molecule has 0 saturated carbocycles. The smallest absolute Gasteiger partial charge is 0.286 e. The molecule has 9 heteroatoms. The highest BCUT2D eigenvalue weighted by molar-refractivity contribution is 7.88. The van der Waals surface area contributed by atoms with Gasteiger partial charge in [0.2, 0.25) is 21.7 Å². The number of carbonyl (C=O) groups excluding carboxylic acids is 2. The Balaban J connectivity index is 1.79. The number of anilines is 1. The molecule has 1 saturated heterocycles. The van der Waals surface area contributed by atoms with Crippen molar-refractivity contribution in [3.05, 3.63) is 30.0 Å². The van der Waals surface area contributed by atoms with E-state index < -0.39 is 15.9 Å². The first kappa shape index (κ1) is 17.4. The van der Waals surface area contributed by atoms with Crippen LogP contribution < -0.4 is 11.1 Å². The molecule has 1 aromatic carbocycles. The lowest BCUT2D eigenvalue weighted by Crippen LogP contribution is -2.41. The zero-order chi connectivity index (χ0) is 18.2. The van der Waals surface area contributed by atoms with E-state index in [4.69, 9.17) is 10.2 Å². The van der Waals surface area contributed by atoms with Gasteiger partial charge in [-0.25, -0.2) is 12.7 Å². The molecule has 0 bridgehead atoms. The van der Waals surface area contributed by atoms with Crippen LogP contribution in [0.4, 0.5) is 5.69 Å². The molecule has 0 radical (unpaired) electrons. The summed E-state index contributed by atoms with van der Waals surface area (Å²) in [6.07, 6.45) is 1.99. The molecule has 25 heavy (non-hydrogen) atoms. The van der Waals surface area contributed by atoms with E-state index in [1.165, 1.54) is 4.31 Å². The minimum atomic E-state index is -3.25. The number of furan rings is 1. The largest absolute Gasteiger partial charge is 0.449 e. The number of hydrogen-bond acceptors (Lipinski definition) is 5. The number of hydrogen-bond donors (Lipinski definition) is 2. The summed E-state index contributed by atoms with van der Waals surface area (Å²) in [5, 5.41) is 3.33. The minimum Gasteiger partial charge on any atom is -0.449 e. The standard InChI is InChI=1S/C16H19N3O5S/c1-25(22,23)19-8-6-10(7-9-19)16(21)18-13-11-4-2-3-5-12(11)24-14(13)15(17)20/h2-5,10H,6-9H2,1H3,(H2,17,20)(H,18,21). The molecule has 1 aromatic heterocycles. The Labute approximate surface area is 145 Å². The number of rotatable bonds is 4. The van der Waals surface area contributed by atoms with Crippen LogP contribution in [0.3, 0.4) is 0 Å². The van der Waals surface area contributed by atoms with Gasteiger partial charge in [0, 0.05) is 24.4 Å². The number of nitrogens with one attached hydrogen (secondary N) is 1. The monoisotopic (exact) mass is 365 g/mol. The third kappa shape index (κ3) is 3.52. The van der Waals surface area contributed by atoms with E-state index in [0.29, 0.717) is 36.9 Å². The molecule has 3 N–H and O–H groups in total. The summed E-state index contributed by atoms with van der Waals surface area (Å²) in [6, 6.07) is 6.93. The quantitative estimate of drug-likeness (QED) is 0.841. The van der Waals surface area contributed by atoms with Gasteiger partial charge in [-0.15, -0.1) is 0 Å². The average molecular weight is 365 g/mol. The fourth-order valence-corrected chi connectivity index (χ4v) is 3.89. The Hall–Kier alpha value is -2.39. The second kappa shape index (κ2) is 6.49. The number of amides is 2. The molecule has 1 aliphatic heterocycles. The first-order valence-electron chi connectivity index (χ1n) is 7.84. The molecular weight excluding hydrogens is 346 g/mol. The number of nitrogens with two attached hydrogens (primary N) is 1. The lowest BCUT2D eigenvalue weighted by Gasteiger charge is -2.29. The number of para-hydroxylation sites is 1. The number of nitrogens with zero attached hydrogens (tertiary/aromatic N) is 1. The molecular formula is C16H19N3O5S. The molecule has 134 valence electrons. The van der Waals surface area contributed by atoms with Crippen molar-refractivity contribution >= 4 is 38.5 Å². The fourth-order valence-electron chi connectivity index (χ4n) is 3.02. The lowest BCUT2D eigenvalue weighted by atomic mass is 9.97. The minimum absolute atomic E-state index is 0.0943. The Bertz CT molecular complexity index is 926. The number of piperidine rings is 1. The molecule has 0 aliphatic carbocycles. The second-order valence-electron chi connectivity index (χ2n) is 6.09. The number of sulfonamides is 1. The zero-order valence-corrected chi connectivity index (χ0v) is 14.5. The van der Waals surface area contributed by atoms with Gasteiger partial charge < -0.3 is 15.5 Å². The SMILES string of the molecule is CS(=O)(=O)N1CCC(C(=O)Nc2c(C(N)=O)oc3ccccc23)CC1. The van der Waals surface area contributed by atoms with E-state index in [1.54, 1.807) is 24.3 Å². The highest BCUT2D eigenvalue weighted by Gasteiger charge is 2.30. The topological polar surface area (TPSA) is 123 Å². The number of benzene rings is 1. The van der Waals surface area contributed by atoms with Gasteiger partial charge in [-0.3, -0.25) is 9.59 Å². The molecule has 1 fully saturated rings. The van der Waals surface area contributed by atoms with Crippen molar-refractivity contribution in [3.8, 4) is 0 Å². The van der Waals surface area contributed by atoms with E-state index in [-0.39, 0.29) is 23.3 Å². The first-order chi connectivity index (χ1) is 11.8. The van der Waals surface area contributed by atoms with Crippen molar-refractivity contribution in [1.29, 1.82) is 0 Å². The average Bonchev–Trinajstić information content (AvgIpc) is 2.93. The number of fused-ring (bicyclic) bond motifs is 1. The van der Waals surface area contributed by atoms with Crippen molar-refractivity contribution < 1.29 is 22.4 Å². The molecule has 2 amide bonds. The van der Waals surface area contributed by atoms with Crippen molar-refractivity contribution in [2.45, 2.75) is 12.8 Å². The maximum Gasteiger partial charge on any atom is 0.286 e. The van der Waals surface area contributed by atoms with Gasteiger partial charge in [-0.2, -0.15) is 0 Å². The van der Waals surface area contributed by atoms with Crippen LogP contribution in [0.25, 0.3) is 11.0 Å². The molecule has 2 heterocycles. The Morgan fingerprint density at radius 3 is 2.48 bits per heavy atom. The number of carbonyl (C=O) groups is 2. The first-order valence-corrected chi connectivity index (χ1v) is 9.69. The highest BCUT2D eigenvalue weighted by Crippen LogP contribution is 2.31. The van der Waals surface area contributed by atoms with Crippen LogP contribution in [0, 0.1) is 5.92 Å². The molecule has 1 aliphatic rings. The van der Waals surface area contributed by atoms with Crippen molar-refractivity contribution in [2.75, 3.05) is 24.7 Å². The van der Waals surface area contributed by atoms with Crippen molar-refractivity contribution in [1.82, 2.24) is 4.31 Å². The van der Waals surface area contributed by atoms with Crippen LogP contribution in [0.15, 0.2) is 28.7 Å². The highest BCUT2D eigenvalue weighted by atomic mass is 32.2. The summed E-state index contributed by atoms with van der Waals surface area (Å²) in [5.74, 6) is -1.48. The van der Waals surface area contributed by atoms with Crippen LogP contribution in [0.2, 0.25) is 0 Å². The molecule has 2 aromatic rings. The van der Waals surface area contributed by atoms with Gasteiger partial charge in [0.05, 0.1) is 6.26 Å². The Kier molecular flexibility index (Phi) is 4.53. The number of primary amides is 1. The van der Waals surface area contributed by atoms with E-state index in [0.717, 1.165) is 6.26 Å². The van der Waals surface area contributed by atoms with E-state index >= 15 is 0 Å². The van der Waals surface area contributed by atoms with E-state index in [1.807, 2.05) is 0 Å². The fraction of sp³-hybridized carbons (Fsp3) is 0.375. The third-order valence-corrected chi connectivity index (χ3v) is 5.66. The zero-order valence-electron chi connectivity index (χ0n) is 13.7. The van der Waals surface area contributed by atoms with Gasteiger partial charge in [0.15, 0.2) is 0 Å². The van der Waals surface area contributed by atoms with Gasteiger partial charge in [-0.05, 0) is 25.0 Å². The van der Waals surface area contributed by atoms with Crippen molar-refractivity contribution in [2.24, 2.45) is 11.7 Å². The maximum atomic E-state index is 12.6. The predicted octanol–water partition coefficient (Wildman–Crippen LogP) is 1.14. The van der Waals surface area contributed by atoms with Crippen molar-refractivity contribution in [3.63, 3.8) is 0 Å². The van der Waals surface area contributed by atoms with E-state index in [2.05, 4.69) is 5.32 Å². The normalized spacial score (nSPS) is 16.8. The second-order valence-corrected chi connectivity index (χ2v) is 8.07. The van der Waals surface area contributed by atoms with Gasteiger partial charge in [0.1, 0.15) is 11.3 Å². The maximum absolute atomic E-state index is 12.6. The lowest BCUT2D eigenvalue weighted by molar-refractivity contribution is -0.120. The van der Waals surface area contributed by atoms with Gasteiger partial charge in [0.25, 0.3) is 5.91 Å². The molecule has 0 atom stereocenters. The van der Waals surface area contributed by atoms with Crippen LogP contribution >= 0.6 is 0 Å². The van der Waals surface area contributed by atoms with Crippen LogP contribution in [-0.4, -0.2) is 43.9 Å². The summed E-state index contributed by atoms with van der Waals surface area (Å²) in [6.45, 7) is 0.595. The summed E-state index contributed by atoms with van der Waals surface area (Å²) in [5.41, 5.74) is 6.06. The molecule has 0 spiro atoms. The van der Waals surface area contributed by atoms with Crippen LogP contribution in [0.5, 0.6) is 0 Å². The summed E-state index contributed by atoms with van der Waals surface area (Å²) >= 11 is 0. The predicted molar refractivity (Wildman–Crippen MR) is 92.5 cm³/mol. The van der Waals surface area contributed by atoms with E-state index in [9.17, 15) is 18.0 Å². The summed E-state index contributed by atoms with van der Waals surface area (Å²) in [4.78, 5) is 24.2. The molecule has 3 rings (SSSR count). The summed E-state index contributed by atoms with van der Waals surface area (Å²) < 4.78 is 29.9. The van der Waals surface area contributed by atoms with Gasteiger partial charge in [-0.1, -0.05) is 12.1 Å². The van der Waals surface area contributed by atoms with Gasteiger partial charge >= 0.3 is 0 Å². The molecule has 0 unspecified atom stereocenters. The third-order valence-electron chi connectivity index (χ3n) is 4.36. The summed E-state index contributed by atoms with van der Waals surface area (Å²) in [7, 11) is -3.25. The van der Waals surface area contributed by atoms with Crippen LogP contribution in [0.1, 0.15) is 23.4 Å².